The molecule has 0 spiro atoms. The van der Waals surface area contributed by atoms with Crippen LogP contribution >= 0.6 is 22.7 Å². The zero-order valence-corrected chi connectivity index (χ0v) is 24.1. The van der Waals surface area contributed by atoms with Crippen molar-refractivity contribution in [2.45, 2.75) is 53.4 Å². The van der Waals surface area contributed by atoms with Crippen LogP contribution in [0.2, 0.25) is 0 Å². The monoisotopic (exact) mass is 519 g/mol. The van der Waals surface area contributed by atoms with Crippen molar-refractivity contribution in [1.29, 1.82) is 0 Å². The first-order chi connectivity index (χ1) is 17.7. The summed E-state index contributed by atoms with van der Waals surface area (Å²) in [7, 11) is 0. The second-order valence-electron chi connectivity index (χ2n) is 11.6. The lowest BCUT2D eigenvalue weighted by atomic mass is 9.82. The smallest absolute Gasteiger partial charge is 0.0880 e. The predicted octanol–water partition coefficient (Wildman–Crippen LogP) is 10.8. The largest absolute Gasteiger partial charge is 0.255 e. The SMILES string of the molecule is Cc1sc2ccc(-c3cc4ccnc(-c5cc(C(C)(C)C)c6ccccc6c5)c4s3)cc2c1CC(C)C. The third kappa shape index (κ3) is 4.39. The van der Waals surface area contributed by atoms with Crippen LogP contribution in [0.25, 0.3) is 52.6 Å². The maximum absolute atomic E-state index is 4.93. The summed E-state index contributed by atoms with van der Waals surface area (Å²) < 4.78 is 2.66. The van der Waals surface area contributed by atoms with E-state index in [1.54, 1.807) is 0 Å². The topological polar surface area (TPSA) is 12.9 Å². The van der Waals surface area contributed by atoms with E-state index in [0.717, 1.165) is 12.1 Å². The minimum absolute atomic E-state index is 0.0475. The van der Waals surface area contributed by atoms with Gasteiger partial charge in [0.1, 0.15) is 0 Å². The lowest BCUT2D eigenvalue weighted by molar-refractivity contribution is 0.596. The highest BCUT2D eigenvalue weighted by Crippen LogP contribution is 2.42. The highest BCUT2D eigenvalue weighted by Gasteiger charge is 2.20. The number of thiophene rings is 2. The van der Waals surface area contributed by atoms with Gasteiger partial charge in [0.15, 0.2) is 0 Å². The Kier molecular flexibility index (Phi) is 5.97. The van der Waals surface area contributed by atoms with E-state index >= 15 is 0 Å². The Morgan fingerprint density at radius 1 is 0.811 bits per heavy atom. The van der Waals surface area contributed by atoms with Gasteiger partial charge in [-0.3, -0.25) is 4.98 Å². The molecule has 0 N–H and O–H groups in total. The third-order valence-electron chi connectivity index (χ3n) is 7.27. The molecule has 0 fully saturated rings. The fraction of sp³-hybridized carbons (Fsp3) is 0.265. The molecule has 3 heterocycles. The molecule has 0 bridgehead atoms. The number of aromatic nitrogens is 1. The Morgan fingerprint density at radius 3 is 2.41 bits per heavy atom. The number of hydrogen-bond acceptors (Lipinski definition) is 3. The van der Waals surface area contributed by atoms with Crippen molar-refractivity contribution in [2.24, 2.45) is 5.92 Å². The molecule has 0 saturated carbocycles. The Bertz CT molecular complexity index is 1780. The average molecular weight is 520 g/mol. The number of pyridine rings is 1. The highest BCUT2D eigenvalue weighted by atomic mass is 32.1. The zero-order chi connectivity index (χ0) is 25.9. The first-order valence-corrected chi connectivity index (χ1v) is 14.8. The molecule has 0 radical (unpaired) electrons. The fourth-order valence-corrected chi connectivity index (χ4v) is 7.70. The van der Waals surface area contributed by atoms with Crippen LogP contribution in [0.5, 0.6) is 0 Å². The van der Waals surface area contributed by atoms with Crippen molar-refractivity contribution in [2.75, 3.05) is 0 Å². The maximum atomic E-state index is 4.93. The lowest BCUT2D eigenvalue weighted by Crippen LogP contribution is -2.12. The van der Waals surface area contributed by atoms with Crippen LogP contribution in [-0.4, -0.2) is 4.98 Å². The first-order valence-electron chi connectivity index (χ1n) is 13.1. The molecule has 0 amide bonds. The lowest BCUT2D eigenvalue weighted by Gasteiger charge is -2.22. The van der Waals surface area contributed by atoms with Gasteiger partial charge in [0.05, 0.1) is 10.4 Å². The van der Waals surface area contributed by atoms with Gasteiger partial charge in [-0.1, -0.05) is 65.0 Å². The second kappa shape index (κ2) is 9.08. The molecular weight excluding hydrogens is 487 g/mol. The van der Waals surface area contributed by atoms with E-state index in [-0.39, 0.29) is 5.41 Å². The summed E-state index contributed by atoms with van der Waals surface area (Å²) in [4.78, 5) is 7.69. The summed E-state index contributed by atoms with van der Waals surface area (Å²) in [6, 6.07) is 24.9. The molecule has 0 atom stereocenters. The van der Waals surface area contributed by atoms with Crippen LogP contribution < -0.4 is 0 Å². The Balaban J connectivity index is 1.51. The number of rotatable bonds is 4. The minimum atomic E-state index is 0.0475. The van der Waals surface area contributed by atoms with E-state index in [0.29, 0.717) is 5.92 Å². The first kappa shape index (κ1) is 24.3. The molecule has 1 nitrogen and oxygen atoms in total. The molecule has 3 heteroatoms. The van der Waals surface area contributed by atoms with Crippen LogP contribution in [-0.2, 0) is 11.8 Å². The van der Waals surface area contributed by atoms with E-state index < -0.39 is 0 Å². The van der Waals surface area contributed by atoms with Gasteiger partial charge in [-0.15, -0.1) is 22.7 Å². The van der Waals surface area contributed by atoms with E-state index in [1.165, 1.54) is 63.0 Å². The quantitative estimate of drug-likeness (QED) is 0.226. The molecule has 3 aromatic carbocycles. The van der Waals surface area contributed by atoms with Crippen LogP contribution in [0.1, 0.15) is 50.6 Å². The van der Waals surface area contributed by atoms with Gasteiger partial charge in [-0.25, -0.2) is 0 Å². The van der Waals surface area contributed by atoms with Crippen molar-refractivity contribution in [3.63, 3.8) is 0 Å². The van der Waals surface area contributed by atoms with Gasteiger partial charge in [0.2, 0.25) is 0 Å². The molecule has 0 unspecified atom stereocenters. The molecule has 0 saturated heterocycles. The van der Waals surface area contributed by atoms with E-state index in [4.69, 9.17) is 4.98 Å². The summed E-state index contributed by atoms with van der Waals surface area (Å²) in [5, 5.41) is 5.29. The number of fused-ring (bicyclic) bond motifs is 3. The van der Waals surface area contributed by atoms with Crippen LogP contribution in [0.3, 0.4) is 0 Å². The van der Waals surface area contributed by atoms with Gasteiger partial charge in [-0.05, 0) is 99.3 Å². The summed E-state index contributed by atoms with van der Waals surface area (Å²) in [5.74, 6) is 0.651. The average Bonchev–Trinajstić information content (AvgIpc) is 3.43. The molecule has 3 aromatic heterocycles. The maximum Gasteiger partial charge on any atom is 0.0880 e. The standard InChI is InChI=1S/C34H33NS2/c1-20(2)15-27-21(3)36-30-12-11-23(17-28(27)30)31-19-24-13-14-35-32(33(24)37-31)25-16-22-9-7-8-10-26(22)29(18-25)34(4,5)6/h7-14,16-20H,15H2,1-6H3. The Morgan fingerprint density at radius 2 is 1.62 bits per heavy atom. The molecular formula is C34H33NS2. The Labute approximate surface area is 227 Å². The van der Waals surface area contributed by atoms with Gasteiger partial charge in [-0.2, -0.15) is 0 Å². The van der Waals surface area contributed by atoms with Crippen LogP contribution in [0, 0.1) is 12.8 Å². The summed E-state index contributed by atoms with van der Waals surface area (Å²) in [5.41, 5.74) is 6.52. The van der Waals surface area contributed by atoms with E-state index in [9.17, 15) is 0 Å². The predicted molar refractivity (Wildman–Crippen MR) is 165 cm³/mol. The number of hydrogen-bond donors (Lipinski definition) is 0. The van der Waals surface area contributed by atoms with Crippen molar-refractivity contribution in [3.05, 3.63) is 88.9 Å². The molecule has 0 aliphatic rings. The summed E-state index contributed by atoms with van der Waals surface area (Å²) in [6.07, 6.45) is 3.10. The molecule has 6 rings (SSSR count). The fourth-order valence-electron chi connectivity index (χ4n) is 5.47. The van der Waals surface area contributed by atoms with Gasteiger partial charge < -0.3 is 0 Å². The van der Waals surface area contributed by atoms with Gasteiger partial charge >= 0.3 is 0 Å². The van der Waals surface area contributed by atoms with Crippen molar-refractivity contribution < 1.29 is 0 Å². The zero-order valence-electron chi connectivity index (χ0n) is 22.5. The van der Waals surface area contributed by atoms with Crippen molar-refractivity contribution in [1.82, 2.24) is 4.98 Å². The summed E-state index contributed by atoms with van der Waals surface area (Å²) in [6.45, 7) is 13.8. The molecule has 0 aliphatic carbocycles. The van der Waals surface area contributed by atoms with E-state index in [2.05, 4.69) is 108 Å². The normalized spacial score (nSPS) is 12.4. The van der Waals surface area contributed by atoms with Crippen molar-refractivity contribution in [3.8, 4) is 21.7 Å². The minimum Gasteiger partial charge on any atom is -0.255 e. The van der Waals surface area contributed by atoms with Crippen LogP contribution in [0.4, 0.5) is 0 Å². The second-order valence-corrected chi connectivity index (χ2v) is 13.9. The molecule has 37 heavy (non-hydrogen) atoms. The van der Waals surface area contributed by atoms with Crippen molar-refractivity contribution >= 4 is 53.6 Å². The molecule has 0 aliphatic heterocycles. The Hall–Kier alpha value is -3.01. The van der Waals surface area contributed by atoms with Gasteiger partial charge in [0, 0.05) is 26.2 Å². The summed E-state index contributed by atoms with van der Waals surface area (Å²) >= 11 is 3.79. The van der Waals surface area contributed by atoms with Gasteiger partial charge in [0.25, 0.3) is 0 Å². The third-order valence-corrected chi connectivity index (χ3v) is 9.60. The number of aryl methyl sites for hydroxylation is 1. The molecule has 186 valence electrons. The van der Waals surface area contributed by atoms with Crippen LogP contribution in [0.15, 0.2) is 72.9 Å². The highest BCUT2D eigenvalue weighted by molar-refractivity contribution is 7.22. The number of nitrogens with zero attached hydrogens (tertiary/aromatic N) is 1. The number of benzene rings is 3. The van der Waals surface area contributed by atoms with E-state index in [1.807, 2.05) is 28.9 Å². The molecule has 6 aromatic rings.